The van der Waals surface area contributed by atoms with Gasteiger partial charge < -0.3 is 14.2 Å². The molecule has 0 N–H and O–H groups in total. The molecule has 0 aromatic heterocycles. The first-order chi connectivity index (χ1) is 17.0. The van der Waals surface area contributed by atoms with Crippen molar-refractivity contribution >= 4 is 17.9 Å². The molecule has 0 spiro atoms. The molecule has 10 atom stereocenters. The third kappa shape index (κ3) is 5.07. The second-order valence-corrected chi connectivity index (χ2v) is 12.9. The van der Waals surface area contributed by atoms with E-state index in [0.717, 1.165) is 32.1 Å². The zero-order valence-electron chi connectivity index (χ0n) is 23.3. The normalized spacial score (nSPS) is 42.3. The standard InChI is InChI=1S/C30H48O6/c1-7-34-28(33)11-8-18(2)23-9-10-24-22-17-27(36-20(4)32)26-16-21(35-19(3)31)12-14-30(26,6)25(22)13-15-29(23,24)5/h18,21-27H,7-17H2,1-6H3/t18-,21-,22+,23-,24+,25+,26+,27+,29-,30-/m1/s1. The van der Waals surface area contributed by atoms with Crippen LogP contribution in [-0.2, 0) is 28.6 Å². The van der Waals surface area contributed by atoms with Crippen LogP contribution in [0.3, 0.4) is 0 Å². The van der Waals surface area contributed by atoms with E-state index in [1.54, 1.807) is 0 Å². The van der Waals surface area contributed by atoms with Crippen LogP contribution in [0.15, 0.2) is 0 Å². The molecule has 0 aromatic carbocycles. The van der Waals surface area contributed by atoms with Crippen molar-refractivity contribution in [2.24, 2.45) is 46.3 Å². The summed E-state index contributed by atoms with van der Waals surface area (Å²) in [5.74, 6) is 2.68. The van der Waals surface area contributed by atoms with E-state index in [1.807, 2.05) is 6.92 Å². The molecule has 4 aliphatic rings. The molecule has 6 heteroatoms. The van der Waals surface area contributed by atoms with E-state index in [0.29, 0.717) is 42.6 Å². The number of esters is 3. The maximum Gasteiger partial charge on any atom is 0.305 e. The fourth-order valence-corrected chi connectivity index (χ4v) is 9.67. The molecule has 0 amide bonds. The maximum atomic E-state index is 12.2. The summed E-state index contributed by atoms with van der Waals surface area (Å²) in [7, 11) is 0. The van der Waals surface area contributed by atoms with Crippen molar-refractivity contribution in [1.29, 1.82) is 0 Å². The van der Waals surface area contributed by atoms with Gasteiger partial charge in [-0.05, 0) is 105 Å². The predicted molar refractivity (Wildman–Crippen MR) is 137 cm³/mol. The summed E-state index contributed by atoms with van der Waals surface area (Å²) in [5.41, 5.74) is 0.378. The number of hydrogen-bond acceptors (Lipinski definition) is 6. The van der Waals surface area contributed by atoms with E-state index in [9.17, 15) is 14.4 Å². The molecule has 0 saturated heterocycles. The Balaban J connectivity index is 1.53. The van der Waals surface area contributed by atoms with Crippen molar-refractivity contribution in [2.45, 2.75) is 118 Å². The van der Waals surface area contributed by atoms with Gasteiger partial charge in [0.05, 0.1) is 6.61 Å². The van der Waals surface area contributed by atoms with Gasteiger partial charge in [0, 0.05) is 26.2 Å². The molecule has 0 aliphatic heterocycles. The van der Waals surface area contributed by atoms with Crippen molar-refractivity contribution < 1.29 is 28.6 Å². The largest absolute Gasteiger partial charge is 0.466 e. The second-order valence-electron chi connectivity index (χ2n) is 12.9. The van der Waals surface area contributed by atoms with Crippen LogP contribution in [0.25, 0.3) is 0 Å². The average molecular weight is 505 g/mol. The molecular weight excluding hydrogens is 456 g/mol. The van der Waals surface area contributed by atoms with Crippen LogP contribution >= 0.6 is 0 Å². The van der Waals surface area contributed by atoms with Gasteiger partial charge in [0.15, 0.2) is 0 Å². The molecular formula is C30H48O6. The van der Waals surface area contributed by atoms with Crippen molar-refractivity contribution in [3.05, 3.63) is 0 Å². The summed E-state index contributed by atoms with van der Waals surface area (Å²) in [6.45, 7) is 12.6. The number of hydrogen-bond donors (Lipinski definition) is 0. The highest BCUT2D eigenvalue weighted by molar-refractivity contribution is 5.69. The van der Waals surface area contributed by atoms with Crippen LogP contribution in [0.4, 0.5) is 0 Å². The fraction of sp³-hybridized carbons (Fsp3) is 0.900. The Hall–Kier alpha value is -1.59. The lowest BCUT2D eigenvalue weighted by atomic mass is 9.43. The zero-order valence-corrected chi connectivity index (χ0v) is 23.3. The lowest BCUT2D eigenvalue weighted by molar-refractivity contribution is -0.197. The van der Waals surface area contributed by atoms with Crippen LogP contribution in [0.2, 0.25) is 0 Å². The first kappa shape index (κ1) is 27.4. The summed E-state index contributed by atoms with van der Waals surface area (Å²) in [5, 5.41) is 0. The molecule has 0 radical (unpaired) electrons. The molecule has 0 heterocycles. The van der Waals surface area contributed by atoms with Crippen molar-refractivity contribution in [3.63, 3.8) is 0 Å². The van der Waals surface area contributed by atoms with Gasteiger partial charge in [-0.2, -0.15) is 0 Å². The van der Waals surface area contributed by atoms with Crippen molar-refractivity contribution in [3.8, 4) is 0 Å². The number of fused-ring (bicyclic) bond motifs is 5. The topological polar surface area (TPSA) is 78.9 Å². The Morgan fingerprint density at radius 3 is 2.19 bits per heavy atom. The first-order valence-electron chi connectivity index (χ1n) is 14.5. The molecule has 0 aromatic rings. The van der Waals surface area contributed by atoms with E-state index in [1.165, 1.54) is 39.5 Å². The van der Waals surface area contributed by atoms with Crippen LogP contribution in [0.1, 0.15) is 106 Å². The Kier molecular flexibility index (Phi) is 8.12. The summed E-state index contributed by atoms with van der Waals surface area (Å²) >= 11 is 0. The second kappa shape index (κ2) is 10.6. The summed E-state index contributed by atoms with van der Waals surface area (Å²) in [6.07, 6.45) is 9.80. The van der Waals surface area contributed by atoms with Gasteiger partial charge in [-0.25, -0.2) is 0 Å². The lowest BCUT2D eigenvalue weighted by Crippen LogP contribution is -2.59. The van der Waals surface area contributed by atoms with Gasteiger partial charge in [-0.15, -0.1) is 0 Å². The quantitative estimate of drug-likeness (QED) is 0.308. The summed E-state index contributed by atoms with van der Waals surface area (Å²) < 4.78 is 16.9. The molecule has 6 nitrogen and oxygen atoms in total. The Bertz CT molecular complexity index is 839. The fourth-order valence-electron chi connectivity index (χ4n) is 9.67. The van der Waals surface area contributed by atoms with Crippen LogP contribution in [0, 0.1) is 46.3 Å². The predicted octanol–water partition coefficient (Wildman–Crippen LogP) is 6.10. The van der Waals surface area contributed by atoms with Crippen LogP contribution < -0.4 is 0 Å². The highest BCUT2D eigenvalue weighted by atomic mass is 16.6. The highest BCUT2D eigenvalue weighted by Crippen LogP contribution is 2.68. The minimum atomic E-state index is -0.219. The Morgan fingerprint density at radius 2 is 1.53 bits per heavy atom. The Labute approximate surface area is 217 Å². The molecule has 0 unspecified atom stereocenters. The molecule has 36 heavy (non-hydrogen) atoms. The number of rotatable bonds is 7. The number of carbonyl (C=O) groups is 3. The van der Waals surface area contributed by atoms with Crippen LogP contribution in [0.5, 0.6) is 0 Å². The van der Waals surface area contributed by atoms with Gasteiger partial charge in [0.1, 0.15) is 12.2 Å². The van der Waals surface area contributed by atoms with E-state index in [4.69, 9.17) is 14.2 Å². The third-order valence-corrected chi connectivity index (χ3v) is 11.1. The van der Waals surface area contributed by atoms with Crippen molar-refractivity contribution in [1.82, 2.24) is 0 Å². The zero-order chi connectivity index (χ0) is 26.3. The minimum Gasteiger partial charge on any atom is -0.466 e. The maximum absolute atomic E-state index is 12.2. The lowest BCUT2D eigenvalue weighted by Gasteiger charge is -2.62. The third-order valence-electron chi connectivity index (χ3n) is 11.1. The van der Waals surface area contributed by atoms with Gasteiger partial charge in [0.2, 0.25) is 0 Å². The van der Waals surface area contributed by atoms with Crippen LogP contribution in [-0.4, -0.2) is 36.7 Å². The van der Waals surface area contributed by atoms with Crippen molar-refractivity contribution in [2.75, 3.05) is 6.61 Å². The molecule has 4 saturated carbocycles. The number of ether oxygens (including phenoxy) is 3. The molecule has 204 valence electrons. The van der Waals surface area contributed by atoms with Gasteiger partial charge in [-0.1, -0.05) is 20.8 Å². The molecule has 4 aliphatic carbocycles. The smallest absolute Gasteiger partial charge is 0.305 e. The molecule has 4 rings (SSSR count). The Morgan fingerprint density at radius 1 is 0.861 bits per heavy atom. The van der Waals surface area contributed by atoms with E-state index < -0.39 is 0 Å². The van der Waals surface area contributed by atoms with Gasteiger partial charge in [-0.3, -0.25) is 14.4 Å². The minimum absolute atomic E-state index is 0.0693. The van der Waals surface area contributed by atoms with E-state index in [2.05, 4.69) is 20.8 Å². The first-order valence-corrected chi connectivity index (χ1v) is 14.5. The number of carbonyl (C=O) groups excluding carboxylic acids is 3. The van der Waals surface area contributed by atoms with Gasteiger partial charge >= 0.3 is 17.9 Å². The van der Waals surface area contributed by atoms with E-state index in [-0.39, 0.29) is 46.9 Å². The van der Waals surface area contributed by atoms with E-state index >= 15 is 0 Å². The highest BCUT2D eigenvalue weighted by Gasteiger charge is 2.63. The average Bonchev–Trinajstić information content (AvgIpc) is 3.15. The molecule has 4 fully saturated rings. The summed E-state index contributed by atoms with van der Waals surface area (Å²) in [6, 6.07) is 0. The van der Waals surface area contributed by atoms with Gasteiger partial charge in [0.25, 0.3) is 0 Å². The SMILES string of the molecule is CCOC(=O)CC[C@@H](C)[C@H]1CC[C@H]2[C@@H]3C[C@H](OC(C)=O)[C@@H]4C[C@H](OC(C)=O)CC[C@]4(C)[C@H]3CC[C@]12C. The molecule has 0 bridgehead atoms. The summed E-state index contributed by atoms with van der Waals surface area (Å²) in [4.78, 5) is 35.8. The monoisotopic (exact) mass is 504 g/mol.